The second-order valence-corrected chi connectivity index (χ2v) is 7.02. The smallest absolute Gasteiger partial charge is 0.254 e. The van der Waals surface area contributed by atoms with Crippen LogP contribution in [0.4, 0.5) is 0 Å². The fourth-order valence-corrected chi connectivity index (χ4v) is 4.06. The van der Waals surface area contributed by atoms with Gasteiger partial charge in [0.05, 0.1) is 22.7 Å². The Kier molecular flexibility index (Phi) is 4.36. The predicted octanol–water partition coefficient (Wildman–Crippen LogP) is 0.748. The van der Waals surface area contributed by atoms with Gasteiger partial charge in [-0.25, -0.2) is 13.4 Å². The van der Waals surface area contributed by atoms with Crippen LogP contribution in [0.2, 0.25) is 0 Å². The molecule has 0 radical (unpaired) electrons. The van der Waals surface area contributed by atoms with Crippen LogP contribution in [-0.2, 0) is 10.0 Å². The monoisotopic (exact) mass is 279 g/mol. The summed E-state index contributed by atoms with van der Waals surface area (Å²) in [5.41, 5.74) is 5.36. The van der Waals surface area contributed by atoms with Crippen LogP contribution in [0.5, 0.6) is 0 Å². The number of hydrogen-bond acceptors (Lipinski definition) is 5. The minimum Gasteiger partial charge on any atom is -0.392 e. The third-order valence-electron chi connectivity index (χ3n) is 1.88. The number of nitrogens with two attached hydrogens (primary N) is 1. The molecule has 0 saturated carbocycles. The number of sulfonamides is 1. The van der Waals surface area contributed by atoms with Gasteiger partial charge in [-0.3, -0.25) is 0 Å². The van der Waals surface area contributed by atoms with Gasteiger partial charge in [0.15, 0.2) is 4.21 Å². The fraction of sp³-hybridized carbons (Fsp3) is 0.500. The van der Waals surface area contributed by atoms with E-state index in [1.54, 1.807) is 13.8 Å². The minimum atomic E-state index is -3.50. The highest BCUT2D eigenvalue weighted by atomic mass is 32.2. The molecule has 0 aliphatic heterocycles. The summed E-state index contributed by atoms with van der Waals surface area (Å²) in [5.74, 6) is 0. The van der Waals surface area contributed by atoms with Crippen LogP contribution in [0.25, 0.3) is 0 Å². The van der Waals surface area contributed by atoms with Crippen LogP contribution in [0, 0.1) is 6.92 Å². The van der Waals surface area contributed by atoms with E-state index in [2.05, 4.69) is 4.98 Å². The van der Waals surface area contributed by atoms with Crippen molar-refractivity contribution in [3.63, 3.8) is 0 Å². The molecule has 0 unspecified atom stereocenters. The number of nitrogens with zero attached hydrogens (tertiary/aromatic N) is 2. The van der Waals surface area contributed by atoms with Gasteiger partial charge in [0, 0.05) is 6.54 Å². The Morgan fingerprint density at radius 2 is 2.31 bits per heavy atom. The maximum absolute atomic E-state index is 12.1. The highest BCUT2D eigenvalue weighted by molar-refractivity contribution is 7.91. The van der Waals surface area contributed by atoms with Crippen molar-refractivity contribution in [3.05, 3.63) is 11.2 Å². The molecule has 0 aliphatic carbocycles. The van der Waals surface area contributed by atoms with Gasteiger partial charge in [-0.05, 0) is 6.92 Å². The lowest BCUT2D eigenvalue weighted by atomic mass is 10.6. The Labute approximate surface area is 104 Å². The second-order valence-electron chi connectivity index (χ2n) is 3.10. The molecule has 0 bridgehead atoms. The van der Waals surface area contributed by atoms with Crippen molar-refractivity contribution in [2.24, 2.45) is 5.73 Å². The molecule has 0 aliphatic rings. The molecule has 8 heteroatoms. The zero-order chi connectivity index (χ0) is 12.3. The average Bonchev–Trinajstić information content (AvgIpc) is 2.61. The zero-order valence-corrected chi connectivity index (χ0v) is 11.5. The zero-order valence-electron chi connectivity index (χ0n) is 9.00. The molecule has 90 valence electrons. The Hall–Kier alpha value is -0.570. The molecule has 1 aromatic rings. The van der Waals surface area contributed by atoms with Gasteiger partial charge in [-0.15, -0.1) is 11.3 Å². The van der Waals surface area contributed by atoms with Gasteiger partial charge in [-0.1, -0.05) is 19.1 Å². The van der Waals surface area contributed by atoms with Crippen molar-refractivity contribution in [2.45, 2.75) is 18.1 Å². The molecule has 0 saturated heterocycles. The van der Waals surface area contributed by atoms with Gasteiger partial charge >= 0.3 is 0 Å². The van der Waals surface area contributed by atoms with Gasteiger partial charge in [0.2, 0.25) is 0 Å². The van der Waals surface area contributed by atoms with E-state index in [4.69, 9.17) is 18.0 Å². The minimum absolute atomic E-state index is 0.0606. The van der Waals surface area contributed by atoms with Crippen molar-refractivity contribution in [3.8, 4) is 0 Å². The Balaban J connectivity index is 3.04. The van der Waals surface area contributed by atoms with E-state index in [1.807, 2.05) is 0 Å². The van der Waals surface area contributed by atoms with Gasteiger partial charge in [0.25, 0.3) is 10.0 Å². The van der Waals surface area contributed by atoms with E-state index in [-0.39, 0.29) is 15.7 Å². The maximum Gasteiger partial charge on any atom is 0.254 e. The van der Waals surface area contributed by atoms with Gasteiger partial charge in [0.1, 0.15) is 0 Å². The van der Waals surface area contributed by atoms with E-state index < -0.39 is 10.0 Å². The molecule has 1 rings (SSSR count). The standard InChI is InChI=1S/C8H13N3O2S3/c1-3-11(5-7(9)14)16(12,13)8-4-10-6(2)15-8/h4H,3,5H2,1-2H3,(H2,9,14). The van der Waals surface area contributed by atoms with Crippen molar-refractivity contribution >= 4 is 38.6 Å². The first-order chi connectivity index (χ1) is 7.37. The Morgan fingerprint density at radius 3 is 2.69 bits per heavy atom. The topological polar surface area (TPSA) is 76.3 Å². The third kappa shape index (κ3) is 2.97. The highest BCUT2D eigenvalue weighted by Gasteiger charge is 2.25. The summed E-state index contributed by atoms with van der Waals surface area (Å²) in [6, 6.07) is 0. The summed E-state index contributed by atoms with van der Waals surface area (Å²) in [7, 11) is -3.50. The molecule has 1 heterocycles. The molecule has 0 amide bonds. The maximum atomic E-state index is 12.1. The lowest BCUT2D eigenvalue weighted by Gasteiger charge is -2.18. The predicted molar refractivity (Wildman–Crippen MR) is 68.1 cm³/mol. The lowest BCUT2D eigenvalue weighted by molar-refractivity contribution is 0.469. The Morgan fingerprint density at radius 1 is 1.69 bits per heavy atom. The van der Waals surface area contributed by atoms with Crippen LogP contribution < -0.4 is 5.73 Å². The third-order valence-corrected chi connectivity index (χ3v) is 5.28. The molecule has 0 fully saturated rings. The number of thiocarbonyl (C=S) groups is 1. The van der Waals surface area contributed by atoms with Crippen LogP contribution in [0.15, 0.2) is 10.4 Å². The summed E-state index contributed by atoms with van der Waals surface area (Å²) in [4.78, 5) is 4.09. The molecule has 0 spiro atoms. The number of aryl methyl sites for hydroxylation is 1. The van der Waals surface area contributed by atoms with Gasteiger partial charge in [-0.2, -0.15) is 4.31 Å². The summed E-state index contributed by atoms with van der Waals surface area (Å²) in [5, 5.41) is 0.713. The summed E-state index contributed by atoms with van der Waals surface area (Å²) < 4.78 is 25.7. The first kappa shape index (κ1) is 13.5. The average molecular weight is 279 g/mol. The van der Waals surface area contributed by atoms with Crippen LogP contribution in [0.3, 0.4) is 0 Å². The molecule has 0 aromatic carbocycles. The van der Waals surface area contributed by atoms with E-state index in [0.717, 1.165) is 11.3 Å². The van der Waals surface area contributed by atoms with Crippen molar-refractivity contribution in [2.75, 3.05) is 13.1 Å². The van der Waals surface area contributed by atoms with Crippen LogP contribution in [-0.4, -0.2) is 35.8 Å². The molecule has 1 aromatic heterocycles. The molecular weight excluding hydrogens is 266 g/mol. The molecule has 5 nitrogen and oxygen atoms in total. The number of hydrogen-bond donors (Lipinski definition) is 1. The molecule has 16 heavy (non-hydrogen) atoms. The van der Waals surface area contributed by atoms with Crippen LogP contribution in [0.1, 0.15) is 11.9 Å². The summed E-state index contributed by atoms with van der Waals surface area (Å²) in [6.45, 7) is 3.89. The molecular formula is C8H13N3O2S3. The number of rotatable bonds is 5. The number of thiazole rings is 1. The largest absolute Gasteiger partial charge is 0.392 e. The SMILES string of the molecule is CCN(CC(N)=S)S(=O)(=O)c1cnc(C)s1. The first-order valence-corrected chi connectivity index (χ1v) is 7.25. The molecule has 0 atom stereocenters. The highest BCUT2D eigenvalue weighted by Crippen LogP contribution is 2.21. The van der Waals surface area contributed by atoms with E-state index in [1.165, 1.54) is 10.5 Å². The lowest BCUT2D eigenvalue weighted by Crippen LogP contribution is -2.37. The van der Waals surface area contributed by atoms with Crippen LogP contribution >= 0.6 is 23.6 Å². The number of likely N-dealkylation sites (N-methyl/N-ethyl adjacent to an activating group) is 1. The van der Waals surface area contributed by atoms with E-state index in [9.17, 15) is 8.42 Å². The summed E-state index contributed by atoms with van der Waals surface area (Å²) in [6.07, 6.45) is 1.36. The van der Waals surface area contributed by atoms with Crippen molar-refractivity contribution < 1.29 is 8.42 Å². The summed E-state index contributed by atoms with van der Waals surface area (Å²) >= 11 is 5.86. The Bertz CT molecular complexity index is 480. The molecule has 2 N–H and O–H groups in total. The quantitative estimate of drug-likeness (QED) is 0.805. The normalized spacial score (nSPS) is 11.9. The number of aromatic nitrogens is 1. The van der Waals surface area contributed by atoms with E-state index in [0.29, 0.717) is 11.6 Å². The second kappa shape index (κ2) is 5.17. The van der Waals surface area contributed by atoms with Crippen molar-refractivity contribution in [1.29, 1.82) is 0 Å². The fourth-order valence-electron chi connectivity index (χ4n) is 1.13. The first-order valence-electron chi connectivity index (χ1n) is 4.58. The van der Waals surface area contributed by atoms with Gasteiger partial charge < -0.3 is 5.73 Å². The van der Waals surface area contributed by atoms with E-state index >= 15 is 0 Å². The van der Waals surface area contributed by atoms with Crippen molar-refractivity contribution in [1.82, 2.24) is 9.29 Å².